The molecule has 0 aromatic heterocycles. The molecule has 0 heterocycles. The molecule has 2 N–H and O–H groups in total. The lowest BCUT2D eigenvalue weighted by molar-refractivity contribution is 0.302. The molecule has 0 fully saturated rings. The van der Waals surface area contributed by atoms with Gasteiger partial charge in [0.2, 0.25) is 0 Å². The first-order valence-corrected chi connectivity index (χ1v) is 6.18. The Kier molecular flexibility index (Phi) is 6.67. The van der Waals surface area contributed by atoms with Crippen LogP contribution < -0.4 is 15.2 Å². The fourth-order valence-electron chi connectivity index (χ4n) is 1.65. The van der Waals surface area contributed by atoms with Crippen molar-refractivity contribution in [3.8, 4) is 17.6 Å². The third-order valence-electron chi connectivity index (χ3n) is 2.63. The Morgan fingerprint density at radius 3 is 2.83 bits per heavy atom. The first-order valence-electron chi connectivity index (χ1n) is 6.18. The predicted molar refractivity (Wildman–Crippen MR) is 70.7 cm³/mol. The van der Waals surface area contributed by atoms with Crippen molar-refractivity contribution in [2.75, 3.05) is 20.3 Å². The van der Waals surface area contributed by atoms with Crippen molar-refractivity contribution in [2.45, 2.75) is 25.7 Å². The van der Waals surface area contributed by atoms with E-state index in [1.807, 2.05) is 18.2 Å². The van der Waals surface area contributed by atoms with Crippen LogP contribution in [0.15, 0.2) is 18.2 Å². The summed E-state index contributed by atoms with van der Waals surface area (Å²) in [7, 11) is 1.63. The van der Waals surface area contributed by atoms with Crippen LogP contribution in [0.2, 0.25) is 0 Å². The number of nitriles is 1. The van der Waals surface area contributed by atoms with Crippen molar-refractivity contribution >= 4 is 0 Å². The molecule has 0 spiro atoms. The maximum atomic E-state index is 8.44. The largest absolute Gasteiger partial charge is 0.497 e. The van der Waals surface area contributed by atoms with Crippen molar-refractivity contribution in [1.29, 1.82) is 5.26 Å². The molecule has 18 heavy (non-hydrogen) atoms. The van der Waals surface area contributed by atoms with Gasteiger partial charge in [0, 0.05) is 12.5 Å². The van der Waals surface area contributed by atoms with Crippen LogP contribution in [-0.4, -0.2) is 20.3 Å². The lowest BCUT2D eigenvalue weighted by Crippen LogP contribution is -2.06. The summed E-state index contributed by atoms with van der Waals surface area (Å²) < 4.78 is 10.9. The number of nitrogens with zero attached hydrogens (tertiary/aromatic N) is 1. The van der Waals surface area contributed by atoms with Crippen molar-refractivity contribution < 1.29 is 9.47 Å². The van der Waals surface area contributed by atoms with Crippen LogP contribution in [-0.2, 0) is 6.42 Å². The quantitative estimate of drug-likeness (QED) is 0.716. The van der Waals surface area contributed by atoms with Crippen LogP contribution in [0.3, 0.4) is 0 Å². The number of hydrogen-bond acceptors (Lipinski definition) is 4. The molecule has 1 rings (SSSR count). The number of benzene rings is 1. The zero-order chi connectivity index (χ0) is 13.2. The second-order valence-corrected chi connectivity index (χ2v) is 3.98. The number of methoxy groups -OCH3 is 1. The zero-order valence-electron chi connectivity index (χ0n) is 10.8. The molecule has 0 saturated heterocycles. The molecule has 4 nitrogen and oxygen atoms in total. The molecule has 0 aliphatic rings. The minimum Gasteiger partial charge on any atom is -0.497 e. The number of rotatable bonds is 8. The minimum atomic E-state index is 0.580. The second-order valence-electron chi connectivity index (χ2n) is 3.98. The summed E-state index contributed by atoms with van der Waals surface area (Å²) in [5.74, 6) is 1.61. The molecule has 1 aromatic carbocycles. The van der Waals surface area contributed by atoms with E-state index in [9.17, 15) is 0 Å². The van der Waals surface area contributed by atoms with Gasteiger partial charge in [0.15, 0.2) is 0 Å². The Hall–Kier alpha value is -1.73. The van der Waals surface area contributed by atoms with Gasteiger partial charge in [-0.2, -0.15) is 5.26 Å². The fourth-order valence-corrected chi connectivity index (χ4v) is 1.65. The summed E-state index contributed by atoms with van der Waals surface area (Å²) in [6, 6.07) is 7.90. The molecule has 0 amide bonds. The van der Waals surface area contributed by atoms with E-state index in [0.29, 0.717) is 19.6 Å². The van der Waals surface area contributed by atoms with Gasteiger partial charge >= 0.3 is 0 Å². The first-order chi connectivity index (χ1) is 8.81. The van der Waals surface area contributed by atoms with Gasteiger partial charge in [-0.3, -0.25) is 0 Å². The topological polar surface area (TPSA) is 68.3 Å². The van der Waals surface area contributed by atoms with Gasteiger partial charge in [-0.25, -0.2) is 0 Å². The number of nitrogens with two attached hydrogens (primary N) is 1. The summed E-state index contributed by atoms with van der Waals surface area (Å²) in [5, 5.41) is 8.44. The monoisotopic (exact) mass is 248 g/mol. The molecule has 0 saturated carbocycles. The van der Waals surface area contributed by atoms with Crippen LogP contribution >= 0.6 is 0 Å². The number of unbranched alkanes of at least 4 members (excludes halogenated alkanes) is 2. The van der Waals surface area contributed by atoms with Crippen molar-refractivity contribution in [1.82, 2.24) is 0 Å². The van der Waals surface area contributed by atoms with E-state index in [1.165, 1.54) is 0 Å². The minimum absolute atomic E-state index is 0.580. The average molecular weight is 248 g/mol. The Balaban J connectivity index is 2.57. The molecule has 1 aromatic rings. The van der Waals surface area contributed by atoms with Gasteiger partial charge in [0.05, 0.1) is 19.8 Å². The standard InChI is InChI=1S/C14H20N2O2/c1-17-13-6-5-12(7-9-16)14(11-13)18-10-4-2-3-8-15/h5-6,11H,2-4,7,9-10,16H2,1H3. The van der Waals surface area contributed by atoms with Crippen LogP contribution in [0, 0.1) is 11.3 Å². The lowest BCUT2D eigenvalue weighted by atomic mass is 10.1. The predicted octanol–water partition coefficient (Wildman–Crippen LogP) is 2.27. The maximum absolute atomic E-state index is 8.44. The third kappa shape index (κ3) is 4.64. The molecule has 0 aliphatic heterocycles. The van der Waals surface area contributed by atoms with Crippen LogP contribution in [0.25, 0.3) is 0 Å². The molecule has 0 atom stereocenters. The van der Waals surface area contributed by atoms with Crippen LogP contribution in [0.4, 0.5) is 0 Å². The van der Waals surface area contributed by atoms with E-state index in [0.717, 1.165) is 36.3 Å². The first kappa shape index (κ1) is 14.3. The third-order valence-corrected chi connectivity index (χ3v) is 2.63. The van der Waals surface area contributed by atoms with E-state index in [4.69, 9.17) is 20.5 Å². The summed E-state index contributed by atoms with van der Waals surface area (Å²) >= 11 is 0. The molecular weight excluding hydrogens is 228 g/mol. The highest BCUT2D eigenvalue weighted by atomic mass is 16.5. The van der Waals surface area contributed by atoms with Crippen molar-refractivity contribution in [3.63, 3.8) is 0 Å². The smallest absolute Gasteiger partial charge is 0.126 e. The Bertz CT molecular complexity index is 399. The molecule has 0 bridgehead atoms. The Morgan fingerprint density at radius 2 is 2.17 bits per heavy atom. The normalized spacial score (nSPS) is 9.83. The molecule has 0 radical (unpaired) electrons. The summed E-state index contributed by atoms with van der Waals surface area (Å²) in [4.78, 5) is 0. The van der Waals surface area contributed by atoms with E-state index in [2.05, 4.69) is 6.07 Å². The van der Waals surface area contributed by atoms with Gasteiger partial charge in [0.25, 0.3) is 0 Å². The molecule has 0 aliphatic carbocycles. The fraction of sp³-hybridized carbons (Fsp3) is 0.500. The SMILES string of the molecule is COc1ccc(CCN)c(OCCCCC#N)c1. The van der Waals surface area contributed by atoms with Gasteiger partial charge in [-0.05, 0) is 37.4 Å². The van der Waals surface area contributed by atoms with E-state index < -0.39 is 0 Å². The Morgan fingerprint density at radius 1 is 1.33 bits per heavy atom. The summed E-state index contributed by atoms with van der Waals surface area (Å²) in [6.45, 7) is 1.21. The second kappa shape index (κ2) is 8.37. The maximum Gasteiger partial charge on any atom is 0.126 e. The van der Waals surface area contributed by atoms with E-state index >= 15 is 0 Å². The van der Waals surface area contributed by atoms with Gasteiger partial charge in [0.1, 0.15) is 11.5 Å². The zero-order valence-corrected chi connectivity index (χ0v) is 10.8. The highest BCUT2D eigenvalue weighted by molar-refractivity contribution is 5.40. The summed E-state index contributed by atoms with van der Waals surface area (Å²) in [5.41, 5.74) is 6.67. The van der Waals surface area contributed by atoms with Gasteiger partial charge in [-0.15, -0.1) is 0 Å². The average Bonchev–Trinajstić information content (AvgIpc) is 2.40. The lowest BCUT2D eigenvalue weighted by Gasteiger charge is -2.12. The molecule has 4 heteroatoms. The number of ether oxygens (including phenoxy) is 2. The summed E-state index contributed by atoms with van der Waals surface area (Å²) in [6.07, 6.45) is 3.12. The Labute approximate surface area is 108 Å². The molecule has 0 unspecified atom stereocenters. The molecular formula is C14H20N2O2. The van der Waals surface area contributed by atoms with E-state index in [-0.39, 0.29) is 0 Å². The number of hydrogen-bond donors (Lipinski definition) is 1. The van der Waals surface area contributed by atoms with Crippen molar-refractivity contribution in [2.24, 2.45) is 5.73 Å². The van der Waals surface area contributed by atoms with Gasteiger partial charge in [-0.1, -0.05) is 6.07 Å². The highest BCUT2D eigenvalue weighted by Crippen LogP contribution is 2.25. The van der Waals surface area contributed by atoms with Crippen LogP contribution in [0.5, 0.6) is 11.5 Å². The van der Waals surface area contributed by atoms with Crippen molar-refractivity contribution in [3.05, 3.63) is 23.8 Å². The van der Waals surface area contributed by atoms with E-state index in [1.54, 1.807) is 7.11 Å². The highest BCUT2D eigenvalue weighted by Gasteiger charge is 2.05. The van der Waals surface area contributed by atoms with Crippen LogP contribution in [0.1, 0.15) is 24.8 Å². The molecule has 98 valence electrons. The van der Waals surface area contributed by atoms with Gasteiger partial charge < -0.3 is 15.2 Å².